The van der Waals surface area contributed by atoms with E-state index in [4.69, 9.17) is 23.2 Å². The maximum Gasteiger partial charge on any atom is 0.295 e. The van der Waals surface area contributed by atoms with Crippen molar-refractivity contribution < 1.29 is 4.79 Å². The van der Waals surface area contributed by atoms with E-state index in [1.807, 2.05) is 0 Å². The van der Waals surface area contributed by atoms with Crippen LogP contribution < -0.4 is 0 Å². The number of carbonyl (C=O) groups excluding carboxylic acids is 1. The molecule has 0 N–H and O–H groups in total. The summed E-state index contributed by atoms with van der Waals surface area (Å²) in [5, 5.41) is 6.72. The fraction of sp³-hybridized carbons (Fsp3) is 0. The Balaban J connectivity index is 2.74. The fourth-order valence-corrected chi connectivity index (χ4v) is 0.835. The number of hydrogen-bond donors (Lipinski definition) is 0. The van der Waals surface area contributed by atoms with Crippen molar-refractivity contribution in [2.24, 2.45) is 10.2 Å². The molecule has 1 aromatic rings. The zero-order valence-electron chi connectivity index (χ0n) is 7.02. The molecule has 0 fully saturated rings. The number of rotatable bonds is 2. The van der Waals surface area contributed by atoms with E-state index in [1.165, 1.54) is 0 Å². The van der Waals surface area contributed by atoms with E-state index in [2.05, 4.69) is 10.2 Å². The number of hydrogen-bond acceptors (Lipinski definition) is 2. The molecule has 0 unspecified atom stereocenters. The molecule has 0 aliphatic carbocycles. The van der Waals surface area contributed by atoms with Gasteiger partial charge in [-0.15, -0.1) is 10.2 Å². The first kappa shape index (κ1) is 10.9. The van der Waals surface area contributed by atoms with Crippen LogP contribution in [0.15, 0.2) is 51.3 Å². The predicted octanol–water partition coefficient (Wildman–Crippen LogP) is 3.56. The Labute approximate surface area is 91.1 Å². The molecular weight excluding hydrogens is 223 g/mol. The zero-order valence-corrected chi connectivity index (χ0v) is 8.53. The standard InChI is InChI=1S/C9H6Cl2N2O/c10-6-8(11)12-13-9(14)7-4-2-1-3-5-7/h1-6H/b8-6+,13-12+. The minimum absolute atomic E-state index is 0.0315. The van der Waals surface area contributed by atoms with Crippen LogP contribution in [0.4, 0.5) is 0 Å². The van der Waals surface area contributed by atoms with Gasteiger partial charge in [-0.25, -0.2) is 0 Å². The van der Waals surface area contributed by atoms with E-state index < -0.39 is 5.91 Å². The van der Waals surface area contributed by atoms with Crippen molar-refractivity contribution in [3.05, 3.63) is 46.6 Å². The Bertz CT molecular complexity index is 374. The summed E-state index contributed by atoms with van der Waals surface area (Å²) in [6.45, 7) is 0. The normalized spacial score (nSPS) is 12.0. The number of nitrogens with zero attached hydrogens (tertiary/aromatic N) is 2. The molecule has 0 bridgehead atoms. The van der Waals surface area contributed by atoms with Gasteiger partial charge in [0.15, 0.2) is 5.16 Å². The third-order valence-electron chi connectivity index (χ3n) is 1.35. The van der Waals surface area contributed by atoms with Gasteiger partial charge in [0.25, 0.3) is 5.91 Å². The molecule has 5 heteroatoms. The van der Waals surface area contributed by atoms with Gasteiger partial charge < -0.3 is 0 Å². The summed E-state index contributed by atoms with van der Waals surface area (Å²) in [6.07, 6.45) is 0. The molecule has 1 aromatic carbocycles. The van der Waals surface area contributed by atoms with Crippen molar-refractivity contribution in [3.8, 4) is 0 Å². The Morgan fingerprint density at radius 2 is 1.86 bits per heavy atom. The zero-order chi connectivity index (χ0) is 10.4. The molecule has 0 radical (unpaired) electrons. The molecule has 0 aliphatic rings. The summed E-state index contributed by atoms with van der Waals surface area (Å²) < 4.78 is 0. The Hall–Kier alpha value is -1.19. The molecular formula is C9H6Cl2N2O. The van der Waals surface area contributed by atoms with Gasteiger partial charge in [0.1, 0.15) is 0 Å². The van der Waals surface area contributed by atoms with Gasteiger partial charge in [-0.1, -0.05) is 41.4 Å². The van der Waals surface area contributed by atoms with E-state index in [0.717, 1.165) is 5.54 Å². The summed E-state index contributed by atoms with van der Waals surface area (Å²) in [5.41, 5.74) is 1.49. The maximum absolute atomic E-state index is 11.3. The molecule has 1 rings (SSSR count). The number of carbonyl (C=O) groups is 1. The molecule has 0 saturated heterocycles. The second-order valence-corrected chi connectivity index (χ2v) is 2.91. The van der Waals surface area contributed by atoms with E-state index in [9.17, 15) is 4.79 Å². The highest BCUT2D eigenvalue weighted by Crippen LogP contribution is 2.07. The van der Waals surface area contributed by atoms with Gasteiger partial charge in [-0.05, 0) is 12.1 Å². The molecule has 0 aliphatic heterocycles. The molecule has 72 valence electrons. The molecule has 0 spiro atoms. The van der Waals surface area contributed by atoms with Crippen molar-refractivity contribution in [3.63, 3.8) is 0 Å². The highest BCUT2D eigenvalue weighted by atomic mass is 35.5. The van der Waals surface area contributed by atoms with Crippen molar-refractivity contribution in [2.45, 2.75) is 0 Å². The molecule has 3 nitrogen and oxygen atoms in total. The lowest BCUT2D eigenvalue weighted by Gasteiger charge is -1.91. The van der Waals surface area contributed by atoms with Crippen LogP contribution in [0.25, 0.3) is 0 Å². The monoisotopic (exact) mass is 228 g/mol. The molecule has 14 heavy (non-hydrogen) atoms. The lowest BCUT2D eigenvalue weighted by Crippen LogP contribution is -1.92. The van der Waals surface area contributed by atoms with Crippen molar-refractivity contribution >= 4 is 29.1 Å². The van der Waals surface area contributed by atoms with Crippen LogP contribution in [-0.4, -0.2) is 5.91 Å². The quantitative estimate of drug-likeness (QED) is 0.564. The van der Waals surface area contributed by atoms with Crippen LogP contribution >= 0.6 is 23.2 Å². The summed E-state index contributed by atoms with van der Waals surface area (Å²) in [6, 6.07) is 8.56. The highest BCUT2D eigenvalue weighted by Gasteiger charge is 2.01. The number of benzene rings is 1. The van der Waals surface area contributed by atoms with Gasteiger partial charge in [0.2, 0.25) is 0 Å². The van der Waals surface area contributed by atoms with E-state index >= 15 is 0 Å². The lowest BCUT2D eigenvalue weighted by molar-refractivity contribution is 0.0994. The first-order chi connectivity index (χ1) is 6.74. The van der Waals surface area contributed by atoms with Gasteiger partial charge in [-0.3, -0.25) is 4.79 Å². The van der Waals surface area contributed by atoms with Crippen LogP contribution in [0, 0.1) is 0 Å². The predicted molar refractivity (Wildman–Crippen MR) is 55.4 cm³/mol. The van der Waals surface area contributed by atoms with Gasteiger partial charge >= 0.3 is 0 Å². The molecule has 0 aromatic heterocycles. The minimum Gasteiger partial charge on any atom is -0.265 e. The minimum atomic E-state index is -0.456. The first-order valence-electron chi connectivity index (χ1n) is 3.71. The Morgan fingerprint density at radius 3 is 2.43 bits per heavy atom. The third-order valence-corrected chi connectivity index (χ3v) is 1.85. The first-order valence-corrected chi connectivity index (χ1v) is 4.52. The second kappa shape index (κ2) is 5.52. The van der Waals surface area contributed by atoms with Crippen LogP contribution in [0.5, 0.6) is 0 Å². The topological polar surface area (TPSA) is 41.8 Å². The average Bonchev–Trinajstić information content (AvgIpc) is 2.26. The van der Waals surface area contributed by atoms with E-state index in [-0.39, 0.29) is 5.16 Å². The third kappa shape index (κ3) is 3.28. The largest absolute Gasteiger partial charge is 0.295 e. The van der Waals surface area contributed by atoms with Gasteiger partial charge in [-0.2, -0.15) is 0 Å². The second-order valence-electron chi connectivity index (χ2n) is 2.30. The molecule has 0 saturated carbocycles. The Morgan fingerprint density at radius 1 is 1.21 bits per heavy atom. The van der Waals surface area contributed by atoms with Crippen LogP contribution in [0.2, 0.25) is 0 Å². The Kier molecular flexibility index (Phi) is 4.29. The van der Waals surface area contributed by atoms with Crippen molar-refractivity contribution in [2.75, 3.05) is 0 Å². The summed E-state index contributed by atoms with van der Waals surface area (Å²) in [4.78, 5) is 11.3. The number of halogens is 2. The van der Waals surface area contributed by atoms with Crippen LogP contribution in [0.1, 0.15) is 10.4 Å². The van der Waals surface area contributed by atoms with Gasteiger partial charge in [0, 0.05) is 11.1 Å². The van der Waals surface area contributed by atoms with Crippen LogP contribution in [0.3, 0.4) is 0 Å². The maximum atomic E-state index is 11.3. The SMILES string of the molecule is O=C(/N=N/C(Cl)=C/Cl)c1ccccc1. The van der Waals surface area contributed by atoms with E-state index in [1.54, 1.807) is 30.3 Å². The highest BCUT2D eigenvalue weighted by molar-refractivity contribution is 6.36. The van der Waals surface area contributed by atoms with Crippen molar-refractivity contribution in [1.29, 1.82) is 0 Å². The number of azo groups is 1. The molecule has 0 atom stereocenters. The summed E-state index contributed by atoms with van der Waals surface area (Å²) in [5.74, 6) is -0.456. The summed E-state index contributed by atoms with van der Waals surface area (Å²) >= 11 is 10.6. The average molecular weight is 229 g/mol. The summed E-state index contributed by atoms with van der Waals surface area (Å²) in [7, 11) is 0. The molecule has 0 heterocycles. The lowest BCUT2D eigenvalue weighted by atomic mass is 10.2. The van der Waals surface area contributed by atoms with Gasteiger partial charge in [0.05, 0.1) is 0 Å². The van der Waals surface area contributed by atoms with Crippen LogP contribution in [-0.2, 0) is 0 Å². The molecule has 1 amide bonds. The van der Waals surface area contributed by atoms with E-state index in [0.29, 0.717) is 5.56 Å². The smallest absolute Gasteiger partial charge is 0.265 e. The fourth-order valence-electron chi connectivity index (χ4n) is 0.753. The number of amides is 1. The van der Waals surface area contributed by atoms with Crippen molar-refractivity contribution in [1.82, 2.24) is 0 Å².